The molecule has 0 bridgehead atoms. The maximum absolute atomic E-state index is 12.7. The van der Waals surface area contributed by atoms with Gasteiger partial charge in [0, 0.05) is 25.7 Å². The van der Waals surface area contributed by atoms with Crippen LogP contribution in [-0.2, 0) is 17.9 Å². The average molecular weight is 241 g/mol. The highest BCUT2D eigenvalue weighted by Crippen LogP contribution is 2.25. The van der Waals surface area contributed by atoms with Crippen molar-refractivity contribution in [3.8, 4) is 0 Å². The lowest BCUT2D eigenvalue weighted by atomic mass is 10.1. The molecule has 2 rings (SSSR count). The second-order valence-electron chi connectivity index (χ2n) is 4.04. The van der Waals surface area contributed by atoms with Gasteiger partial charge < -0.3 is 15.6 Å². The Morgan fingerprint density at radius 2 is 2.06 bits per heavy atom. The predicted molar refractivity (Wildman–Crippen MR) is 58.5 cm³/mol. The van der Waals surface area contributed by atoms with Crippen LogP contribution in [0.5, 0.6) is 0 Å². The van der Waals surface area contributed by atoms with Gasteiger partial charge in [0.05, 0.1) is 0 Å². The number of anilines is 1. The van der Waals surface area contributed by atoms with Crippen LogP contribution in [-0.4, -0.2) is 11.8 Å². The molecular weight excluding hydrogens is 230 g/mol. The van der Waals surface area contributed by atoms with Crippen molar-refractivity contribution in [1.29, 1.82) is 0 Å². The smallest absolute Gasteiger partial charge is 0.321 e. The van der Waals surface area contributed by atoms with Crippen molar-refractivity contribution in [3.63, 3.8) is 0 Å². The highest BCUT2D eigenvalue weighted by atomic mass is 19.3. The summed E-state index contributed by atoms with van der Waals surface area (Å²) in [6.45, 7) is 1.68. The van der Waals surface area contributed by atoms with Gasteiger partial charge in [0.15, 0.2) is 0 Å². The SMILES string of the molecule is CC(F)(F)C(=O)N([O-])c1ccc2c(c1)CNC2. The van der Waals surface area contributed by atoms with Crippen molar-refractivity contribution in [1.82, 2.24) is 5.32 Å². The third-order valence-corrected chi connectivity index (χ3v) is 2.62. The summed E-state index contributed by atoms with van der Waals surface area (Å²) in [5.74, 6) is -5.40. The van der Waals surface area contributed by atoms with Crippen molar-refractivity contribution in [2.24, 2.45) is 0 Å². The molecule has 0 fully saturated rings. The summed E-state index contributed by atoms with van der Waals surface area (Å²) in [5, 5.41) is 14.3. The summed E-state index contributed by atoms with van der Waals surface area (Å²) in [5.41, 5.74) is 1.81. The van der Waals surface area contributed by atoms with Crippen LogP contribution in [0.25, 0.3) is 0 Å². The van der Waals surface area contributed by atoms with Crippen LogP contribution >= 0.6 is 0 Å². The van der Waals surface area contributed by atoms with Gasteiger partial charge in [-0.3, -0.25) is 4.79 Å². The Balaban J connectivity index is 2.26. The molecule has 0 spiro atoms. The van der Waals surface area contributed by atoms with E-state index in [1.165, 1.54) is 12.1 Å². The third-order valence-electron chi connectivity index (χ3n) is 2.62. The Kier molecular flexibility index (Phi) is 2.84. The van der Waals surface area contributed by atoms with Gasteiger partial charge in [-0.2, -0.15) is 8.78 Å². The van der Waals surface area contributed by atoms with Crippen LogP contribution < -0.4 is 10.4 Å². The number of hydroxylamine groups is 1. The van der Waals surface area contributed by atoms with Crippen LogP contribution in [0.3, 0.4) is 0 Å². The summed E-state index contributed by atoms with van der Waals surface area (Å²) >= 11 is 0. The van der Waals surface area contributed by atoms with Crippen molar-refractivity contribution < 1.29 is 13.6 Å². The first-order valence-electron chi connectivity index (χ1n) is 5.11. The van der Waals surface area contributed by atoms with Crippen molar-refractivity contribution >= 4 is 11.6 Å². The molecule has 1 amide bonds. The number of nitrogens with one attached hydrogen (secondary N) is 1. The Bertz CT molecular complexity index is 457. The average Bonchev–Trinajstić information content (AvgIpc) is 2.72. The molecule has 0 aliphatic carbocycles. The topological polar surface area (TPSA) is 55.4 Å². The molecule has 1 heterocycles. The van der Waals surface area contributed by atoms with Gasteiger partial charge in [-0.1, -0.05) is 6.07 Å². The number of benzene rings is 1. The minimum absolute atomic E-state index is 0.0565. The summed E-state index contributed by atoms with van der Waals surface area (Å²) < 4.78 is 25.4. The molecular formula is C11H11F2N2O2-. The molecule has 4 nitrogen and oxygen atoms in total. The van der Waals surface area contributed by atoms with Crippen molar-refractivity contribution in [2.75, 3.05) is 5.06 Å². The van der Waals surface area contributed by atoms with Crippen LogP contribution in [0.4, 0.5) is 14.5 Å². The summed E-state index contributed by atoms with van der Waals surface area (Å²) in [7, 11) is 0. The highest BCUT2D eigenvalue weighted by Gasteiger charge is 2.33. The fourth-order valence-corrected chi connectivity index (χ4v) is 1.70. The minimum Gasteiger partial charge on any atom is -0.752 e. The number of nitrogens with zero attached hydrogens (tertiary/aromatic N) is 1. The largest absolute Gasteiger partial charge is 0.752 e. The fraction of sp³-hybridized carbons (Fsp3) is 0.364. The van der Waals surface area contributed by atoms with Gasteiger partial charge in [0.1, 0.15) is 0 Å². The second kappa shape index (κ2) is 4.05. The number of carbonyl (C=O) groups is 1. The Hall–Kier alpha value is -1.53. The van der Waals surface area contributed by atoms with E-state index in [9.17, 15) is 18.8 Å². The normalized spacial score (nSPS) is 14.6. The molecule has 0 atom stereocenters. The Morgan fingerprint density at radius 1 is 1.41 bits per heavy atom. The molecule has 0 aromatic heterocycles. The number of amides is 1. The lowest BCUT2D eigenvalue weighted by molar-refractivity contribution is -0.139. The molecule has 17 heavy (non-hydrogen) atoms. The Morgan fingerprint density at radius 3 is 2.71 bits per heavy atom. The van der Waals surface area contributed by atoms with E-state index >= 15 is 0 Å². The van der Waals surface area contributed by atoms with Crippen LogP contribution in [0.1, 0.15) is 18.1 Å². The van der Waals surface area contributed by atoms with Gasteiger partial charge in [0.2, 0.25) is 0 Å². The third kappa shape index (κ3) is 2.27. The van der Waals surface area contributed by atoms with Gasteiger partial charge in [-0.05, 0) is 23.3 Å². The standard InChI is InChI=1S/C11H11F2N2O2/c1-11(12,13)10(16)15(17)9-3-2-7-5-14-6-8(7)4-9/h2-4,14H,5-6H2,1H3/q-1. The second-order valence-corrected chi connectivity index (χ2v) is 4.04. The number of hydrogen-bond donors (Lipinski definition) is 1. The zero-order chi connectivity index (χ0) is 12.6. The predicted octanol–water partition coefficient (Wildman–Crippen LogP) is 1.78. The van der Waals surface area contributed by atoms with Gasteiger partial charge in [-0.25, -0.2) is 0 Å². The first-order valence-corrected chi connectivity index (χ1v) is 5.11. The summed E-state index contributed by atoms with van der Waals surface area (Å²) in [4.78, 5) is 11.1. The first kappa shape index (κ1) is 11.9. The molecule has 0 unspecified atom stereocenters. The number of carbonyl (C=O) groups excluding carboxylic acids is 1. The molecule has 1 aromatic carbocycles. The first-order chi connectivity index (χ1) is 7.89. The van der Waals surface area contributed by atoms with E-state index in [2.05, 4.69) is 5.32 Å². The van der Waals surface area contributed by atoms with Crippen molar-refractivity contribution in [3.05, 3.63) is 34.5 Å². The zero-order valence-electron chi connectivity index (χ0n) is 9.17. The van der Waals surface area contributed by atoms with E-state index in [1.54, 1.807) is 6.07 Å². The molecule has 1 aliphatic heterocycles. The van der Waals surface area contributed by atoms with Crippen LogP contribution in [0.2, 0.25) is 0 Å². The summed E-state index contributed by atoms with van der Waals surface area (Å²) in [6.07, 6.45) is 0. The number of rotatable bonds is 2. The lowest BCUT2D eigenvalue weighted by Gasteiger charge is -2.30. The van der Waals surface area contributed by atoms with E-state index in [1.807, 2.05) is 0 Å². The van der Waals surface area contributed by atoms with E-state index in [-0.39, 0.29) is 10.8 Å². The highest BCUT2D eigenvalue weighted by molar-refractivity contribution is 5.98. The molecule has 0 radical (unpaired) electrons. The zero-order valence-corrected chi connectivity index (χ0v) is 9.17. The molecule has 1 N–H and O–H groups in total. The maximum atomic E-state index is 12.7. The number of halogens is 2. The van der Waals surface area contributed by atoms with Gasteiger partial charge >= 0.3 is 5.92 Å². The van der Waals surface area contributed by atoms with Gasteiger partial charge in [-0.15, -0.1) is 0 Å². The molecule has 0 saturated carbocycles. The molecule has 1 aliphatic rings. The molecule has 92 valence electrons. The molecule has 1 aromatic rings. The summed E-state index contributed by atoms with van der Waals surface area (Å²) in [6, 6.07) is 4.51. The number of hydrogen-bond acceptors (Lipinski definition) is 3. The quantitative estimate of drug-likeness (QED) is 0.803. The molecule has 0 saturated heterocycles. The fourth-order valence-electron chi connectivity index (χ4n) is 1.70. The minimum atomic E-state index is -3.65. The Labute approximate surface area is 96.8 Å². The lowest BCUT2D eigenvalue weighted by Crippen LogP contribution is -2.38. The van der Waals surface area contributed by atoms with Crippen LogP contribution in [0.15, 0.2) is 18.2 Å². The van der Waals surface area contributed by atoms with E-state index in [0.29, 0.717) is 20.0 Å². The molecule has 6 heteroatoms. The number of alkyl halides is 2. The van der Waals surface area contributed by atoms with Crippen molar-refractivity contribution in [2.45, 2.75) is 25.9 Å². The van der Waals surface area contributed by atoms with E-state index in [4.69, 9.17) is 0 Å². The van der Waals surface area contributed by atoms with Crippen LogP contribution in [0, 0.1) is 5.21 Å². The monoisotopic (exact) mass is 241 g/mol. The van der Waals surface area contributed by atoms with E-state index in [0.717, 1.165) is 11.1 Å². The van der Waals surface area contributed by atoms with E-state index < -0.39 is 11.8 Å². The van der Waals surface area contributed by atoms with Gasteiger partial charge in [0.25, 0.3) is 5.91 Å². The maximum Gasteiger partial charge on any atom is 0.321 e. The number of fused-ring (bicyclic) bond motifs is 1.